The Morgan fingerprint density at radius 1 is 1.05 bits per heavy atom. The summed E-state index contributed by atoms with van der Waals surface area (Å²) in [5.41, 5.74) is 2.55. The smallest absolute Gasteiger partial charge is 0.302 e. The molecule has 0 saturated heterocycles. The van der Waals surface area contributed by atoms with Crippen molar-refractivity contribution < 1.29 is 9.53 Å². The van der Waals surface area contributed by atoms with E-state index in [0.29, 0.717) is 6.61 Å². The van der Waals surface area contributed by atoms with Crippen LogP contribution in [0.25, 0.3) is 6.08 Å². The molecule has 0 aliphatic heterocycles. The van der Waals surface area contributed by atoms with Crippen LogP contribution in [0.4, 0.5) is 0 Å². The summed E-state index contributed by atoms with van der Waals surface area (Å²) >= 11 is 0. The second kappa shape index (κ2) is 11.1. The number of hydrogen-bond acceptors (Lipinski definition) is 2. The largest absolute Gasteiger partial charge is 0.462 e. The van der Waals surface area contributed by atoms with Gasteiger partial charge in [-0.1, -0.05) is 69.4 Å². The van der Waals surface area contributed by atoms with Crippen LogP contribution in [0.1, 0.15) is 63.5 Å². The van der Waals surface area contributed by atoms with E-state index in [1.54, 1.807) is 0 Å². The molecule has 1 rings (SSSR count). The molecule has 0 saturated carbocycles. The molecule has 116 valence electrons. The second-order valence-electron chi connectivity index (χ2n) is 5.46. The number of unbranched alkanes of at least 4 members (excludes halogenated alkanes) is 5. The molecule has 1 aromatic rings. The van der Waals surface area contributed by atoms with Crippen LogP contribution in [0.2, 0.25) is 0 Å². The van der Waals surface area contributed by atoms with Crippen LogP contribution < -0.4 is 0 Å². The predicted molar refractivity (Wildman–Crippen MR) is 89.2 cm³/mol. The fraction of sp³-hybridized carbons (Fsp3) is 0.526. The first kappa shape index (κ1) is 17.5. The minimum absolute atomic E-state index is 0.242. The van der Waals surface area contributed by atoms with Gasteiger partial charge in [0.05, 0.1) is 0 Å². The quantitative estimate of drug-likeness (QED) is 0.439. The third-order valence-corrected chi connectivity index (χ3v) is 3.49. The highest BCUT2D eigenvalue weighted by Crippen LogP contribution is 2.11. The lowest BCUT2D eigenvalue weighted by Crippen LogP contribution is -1.97. The van der Waals surface area contributed by atoms with Gasteiger partial charge in [0.25, 0.3) is 0 Å². The van der Waals surface area contributed by atoms with Gasteiger partial charge in [-0.3, -0.25) is 4.79 Å². The Balaban J connectivity index is 2.22. The van der Waals surface area contributed by atoms with E-state index < -0.39 is 0 Å². The zero-order chi connectivity index (χ0) is 15.3. The number of hydrogen-bond donors (Lipinski definition) is 0. The fourth-order valence-corrected chi connectivity index (χ4v) is 2.25. The van der Waals surface area contributed by atoms with E-state index in [-0.39, 0.29) is 5.97 Å². The highest BCUT2D eigenvalue weighted by molar-refractivity contribution is 5.66. The first-order valence-corrected chi connectivity index (χ1v) is 8.11. The summed E-state index contributed by atoms with van der Waals surface area (Å²) < 4.78 is 4.85. The van der Waals surface area contributed by atoms with E-state index in [2.05, 4.69) is 31.2 Å². The first-order chi connectivity index (χ1) is 10.2. The lowest BCUT2D eigenvalue weighted by Gasteiger charge is -2.03. The van der Waals surface area contributed by atoms with Crippen molar-refractivity contribution in [3.63, 3.8) is 0 Å². The summed E-state index contributed by atoms with van der Waals surface area (Å²) in [6, 6.07) is 8.63. The minimum Gasteiger partial charge on any atom is -0.462 e. The van der Waals surface area contributed by atoms with Gasteiger partial charge >= 0.3 is 5.97 Å². The SMILES string of the molecule is CCCCCCCCc1ccc(C=CCOC(C)=O)cc1. The fourth-order valence-electron chi connectivity index (χ4n) is 2.25. The van der Waals surface area contributed by atoms with E-state index in [1.165, 1.54) is 57.4 Å². The summed E-state index contributed by atoms with van der Waals surface area (Å²) in [6.07, 6.45) is 13.1. The maximum Gasteiger partial charge on any atom is 0.302 e. The molecule has 0 radical (unpaired) electrons. The van der Waals surface area contributed by atoms with Crippen LogP contribution in [-0.2, 0) is 16.0 Å². The van der Waals surface area contributed by atoms with Gasteiger partial charge in [0.15, 0.2) is 0 Å². The zero-order valence-corrected chi connectivity index (χ0v) is 13.4. The van der Waals surface area contributed by atoms with Crippen molar-refractivity contribution >= 4 is 12.0 Å². The molecule has 0 unspecified atom stereocenters. The lowest BCUT2D eigenvalue weighted by atomic mass is 10.0. The summed E-state index contributed by atoms with van der Waals surface area (Å²) in [7, 11) is 0. The van der Waals surface area contributed by atoms with Gasteiger partial charge in [-0.25, -0.2) is 0 Å². The standard InChI is InChI=1S/C19H28O2/c1-3-4-5-6-7-8-10-18-12-14-19(15-13-18)11-9-16-21-17(2)20/h9,11-15H,3-8,10,16H2,1-2H3. The molecular weight excluding hydrogens is 260 g/mol. The Bertz CT molecular complexity index is 418. The minimum atomic E-state index is -0.242. The second-order valence-corrected chi connectivity index (χ2v) is 5.46. The van der Waals surface area contributed by atoms with Gasteiger partial charge in [0.2, 0.25) is 0 Å². The maximum atomic E-state index is 10.6. The lowest BCUT2D eigenvalue weighted by molar-refractivity contribution is -0.139. The summed E-state index contributed by atoms with van der Waals surface area (Å²) in [5, 5.41) is 0. The first-order valence-electron chi connectivity index (χ1n) is 8.11. The van der Waals surface area contributed by atoms with Gasteiger partial charge in [-0.2, -0.15) is 0 Å². The third kappa shape index (κ3) is 9.06. The normalized spacial score (nSPS) is 11.0. The highest BCUT2D eigenvalue weighted by atomic mass is 16.5. The Morgan fingerprint density at radius 2 is 1.71 bits per heavy atom. The Labute approximate surface area is 129 Å². The molecule has 0 N–H and O–H groups in total. The van der Waals surface area contributed by atoms with Gasteiger partial charge < -0.3 is 4.74 Å². The van der Waals surface area contributed by atoms with Gasteiger partial charge in [0.1, 0.15) is 6.61 Å². The molecule has 0 aliphatic carbocycles. The van der Waals surface area contributed by atoms with Crippen LogP contribution in [-0.4, -0.2) is 12.6 Å². The number of ether oxygens (including phenoxy) is 1. The van der Waals surface area contributed by atoms with Crippen LogP contribution in [0.15, 0.2) is 30.3 Å². The molecular formula is C19H28O2. The van der Waals surface area contributed by atoms with Crippen molar-refractivity contribution in [2.45, 2.75) is 58.8 Å². The zero-order valence-electron chi connectivity index (χ0n) is 13.4. The molecule has 2 heteroatoms. The van der Waals surface area contributed by atoms with Gasteiger partial charge in [-0.15, -0.1) is 0 Å². The van der Waals surface area contributed by atoms with Crippen molar-refractivity contribution in [2.24, 2.45) is 0 Å². The average Bonchev–Trinajstić information content (AvgIpc) is 2.48. The molecule has 1 aromatic carbocycles. The predicted octanol–water partition coefficient (Wildman–Crippen LogP) is 5.17. The van der Waals surface area contributed by atoms with E-state index in [9.17, 15) is 4.79 Å². The molecule has 0 aromatic heterocycles. The Hall–Kier alpha value is -1.57. The molecule has 0 atom stereocenters. The molecule has 0 amide bonds. The third-order valence-electron chi connectivity index (χ3n) is 3.49. The monoisotopic (exact) mass is 288 g/mol. The molecule has 21 heavy (non-hydrogen) atoms. The highest BCUT2D eigenvalue weighted by Gasteiger charge is 1.95. The van der Waals surface area contributed by atoms with Gasteiger partial charge in [-0.05, 0) is 30.0 Å². The van der Waals surface area contributed by atoms with E-state index in [1.807, 2.05) is 12.2 Å². The van der Waals surface area contributed by atoms with Gasteiger partial charge in [0, 0.05) is 6.92 Å². The molecule has 0 fully saturated rings. The van der Waals surface area contributed by atoms with Crippen LogP contribution in [0.5, 0.6) is 0 Å². The Morgan fingerprint density at radius 3 is 2.38 bits per heavy atom. The molecule has 0 aliphatic rings. The Kier molecular flexibility index (Phi) is 9.26. The summed E-state index contributed by atoms with van der Waals surface area (Å²) in [6.45, 7) is 4.02. The van der Waals surface area contributed by atoms with Crippen molar-refractivity contribution in [3.05, 3.63) is 41.5 Å². The number of rotatable bonds is 10. The summed E-state index contributed by atoms with van der Waals surface area (Å²) in [4.78, 5) is 10.6. The average molecular weight is 288 g/mol. The van der Waals surface area contributed by atoms with Crippen LogP contribution >= 0.6 is 0 Å². The molecule has 0 spiro atoms. The van der Waals surface area contributed by atoms with Crippen molar-refractivity contribution in [2.75, 3.05) is 6.61 Å². The number of carbonyl (C=O) groups is 1. The molecule has 0 bridgehead atoms. The van der Waals surface area contributed by atoms with E-state index >= 15 is 0 Å². The number of carbonyl (C=O) groups excluding carboxylic acids is 1. The number of aryl methyl sites for hydroxylation is 1. The van der Waals surface area contributed by atoms with E-state index in [4.69, 9.17) is 4.74 Å². The topological polar surface area (TPSA) is 26.3 Å². The molecule has 2 nitrogen and oxygen atoms in total. The van der Waals surface area contributed by atoms with E-state index in [0.717, 1.165) is 5.56 Å². The van der Waals surface area contributed by atoms with Crippen molar-refractivity contribution in [1.82, 2.24) is 0 Å². The maximum absolute atomic E-state index is 10.6. The van der Waals surface area contributed by atoms with Crippen molar-refractivity contribution in [3.8, 4) is 0 Å². The number of esters is 1. The van der Waals surface area contributed by atoms with Crippen molar-refractivity contribution in [1.29, 1.82) is 0 Å². The van der Waals surface area contributed by atoms with Crippen LogP contribution in [0, 0.1) is 0 Å². The molecule has 0 heterocycles. The van der Waals surface area contributed by atoms with Crippen LogP contribution in [0.3, 0.4) is 0 Å². The summed E-state index contributed by atoms with van der Waals surface area (Å²) in [5.74, 6) is -0.242. The number of benzene rings is 1.